The Balaban J connectivity index is 0.000000312. The maximum atomic E-state index is 8.49. The molecule has 0 saturated heterocycles. The van der Waals surface area contributed by atoms with Crippen molar-refractivity contribution in [2.24, 2.45) is 0 Å². The second kappa shape index (κ2) is 6.65. The number of hydrogen-bond donors (Lipinski definition) is 0. The standard InChI is InChI=1S/C12H13O2.ClHO4/c1-3-10-6-4-9-5-7-11(13-2)8-12(9)14-10;2-1(3,4)5/h4-8H,3H2,1-2H3;(H,2,3,4,5)/q+1;/p-1. The third kappa shape index (κ3) is 5.82. The van der Waals surface area contributed by atoms with Crippen LogP contribution in [0.4, 0.5) is 0 Å². The van der Waals surface area contributed by atoms with Crippen molar-refractivity contribution < 1.29 is 38.0 Å². The minimum absolute atomic E-state index is 0.828. The fourth-order valence-electron chi connectivity index (χ4n) is 1.42. The van der Waals surface area contributed by atoms with Gasteiger partial charge in [-0.1, -0.05) is 6.92 Å². The Morgan fingerprint density at radius 2 is 1.68 bits per heavy atom. The van der Waals surface area contributed by atoms with Gasteiger partial charge in [-0.3, -0.25) is 0 Å². The Morgan fingerprint density at radius 3 is 2.21 bits per heavy atom. The van der Waals surface area contributed by atoms with Gasteiger partial charge in [-0.15, -0.1) is 10.2 Å². The lowest BCUT2D eigenvalue weighted by atomic mass is 10.2. The van der Waals surface area contributed by atoms with Gasteiger partial charge in [0.2, 0.25) is 0 Å². The van der Waals surface area contributed by atoms with Crippen molar-refractivity contribution in [1.82, 2.24) is 0 Å². The molecule has 0 aliphatic rings. The summed E-state index contributed by atoms with van der Waals surface area (Å²) in [6, 6.07) is 9.92. The fraction of sp³-hybridized carbons (Fsp3) is 0.250. The molecule has 2 rings (SSSR count). The molecule has 1 heterocycles. The highest BCUT2D eigenvalue weighted by molar-refractivity contribution is 5.78. The molecule has 6 nitrogen and oxygen atoms in total. The van der Waals surface area contributed by atoms with E-state index in [-0.39, 0.29) is 0 Å². The Kier molecular flexibility index (Phi) is 5.46. The second-order valence-corrected chi connectivity index (χ2v) is 4.29. The zero-order valence-corrected chi connectivity index (χ0v) is 11.2. The van der Waals surface area contributed by atoms with Crippen LogP contribution < -0.4 is 23.4 Å². The zero-order chi connectivity index (χ0) is 14.5. The van der Waals surface area contributed by atoms with Crippen molar-refractivity contribution in [3.8, 4) is 5.75 Å². The SMILES string of the molecule is CCc1ccc2ccc(OC)cc2[o+]1.[O-][Cl+3]([O-])([O-])[O-]. The van der Waals surface area contributed by atoms with Crippen molar-refractivity contribution >= 4 is 11.0 Å². The summed E-state index contributed by atoms with van der Waals surface area (Å²) in [5.74, 6) is 1.82. The number of hydrogen-bond acceptors (Lipinski definition) is 5. The van der Waals surface area contributed by atoms with Gasteiger partial charge < -0.3 is 4.74 Å². The maximum absolute atomic E-state index is 8.49. The number of halogens is 1. The van der Waals surface area contributed by atoms with Crippen LogP contribution in [0.3, 0.4) is 0 Å². The van der Waals surface area contributed by atoms with E-state index in [9.17, 15) is 0 Å². The van der Waals surface area contributed by atoms with Crippen LogP contribution in [0.2, 0.25) is 0 Å². The maximum Gasteiger partial charge on any atom is 0.363 e. The zero-order valence-electron chi connectivity index (χ0n) is 10.4. The van der Waals surface area contributed by atoms with Crippen molar-refractivity contribution in [3.05, 3.63) is 36.1 Å². The largest absolute Gasteiger partial charge is 0.496 e. The molecule has 0 amide bonds. The highest BCUT2D eigenvalue weighted by Gasteiger charge is 2.10. The van der Waals surface area contributed by atoms with Crippen molar-refractivity contribution in [1.29, 1.82) is 0 Å². The van der Waals surface area contributed by atoms with E-state index in [0.29, 0.717) is 0 Å². The minimum Gasteiger partial charge on any atom is -0.496 e. The molecule has 0 aliphatic heterocycles. The number of ether oxygens (including phenoxy) is 1. The summed E-state index contributed by atoms with van der Waals surface area (Å²) in [7, 11) is -3.29. The Morgan fingerprint density at radius 1 is 1.11 bits per heavy atom. The number of benzene rings is 1. The quantitative estimate of drug-likeness (QED) is 0.623. The Bertz CT molecular complexity index is 492. The monoisotopic (exact) mass is 288 g/mol. The molecule has 1 aromatic heterocycles. The summed E-state index contributed by atoms with van der Waals surface area (Å²) in [6.07, 6.45) is 0.910. The average molecular weight is 289 g/mol. The highest BCUT2D eigenvalue weighted by Crippen LogP contribution is 2.21. The molecule has 0 bridgehead atoms. The molecule has 19 heavy (non-hydrogen) atoms. The van der Waals surface area contributed by atoms with E-state index in [2.05, 4.69) is 13.0 Å². The number of rotatable bonds is 2. The summed E-state index contributed by atoms with van der Waals surface area (Å²) in [4.78, 5) is 0. The number of fused-ring (bicyclic) bond motifs is 1. The molecule has 0 aliphatic carbocycles. The van der Waals surface area contributed by atoms with Crippen LogP contribution >= 0.6 is 0 Å². The lowest BCUT2D eigenvalue weighted by Crippen LogP contribution is -2.68. The van der Waals surface area contributed by atoms with E-state index in [1.165, 1.54) is 0 Å². The molecule has 104 valence electrons. The molecular formula is C12H13ClO6. The fourth-order valence-corrected chi connectivity index (χ4v) is 1.42. The molecule has 0 spiro atoms. The lowest BCUT2D eigenvalue weighted by Gasteiger charge is -2.17. The number of methoxy groups -OCH3 is 1. The molecule has 2 aromatic rings. The van der Waals surface area contributed by atoms with Crippen molar-refractivity contribution in [3.63, 3.8) is 0 Å². The first-order valence-corrected chi connectivity index (χ1v) is 6.58. The third-order valence-corrected chi connectivity index (χ3v) is 2.26. The minimum atomic E-state index is -4.94. The van der Waals surface area contributed by atoms with Crippen LogP contribution in [0, 0.1) is 10.2 Å². The first-order chi connectivity index (χ1) is 8.83. The van der Waals surface area contributed by atoms with Crippen LogP contribution in [-0.2, 0) is 6.42 Å². The van der Waals surface area contributed by atoms with Crippen molar-refractivity contribution in [2.45, 2.75) is 13.3 Å². The molecule has 0 saturated carbocycles. The van der Waals surface area contributed by atoms with E-state index in [4.69, 9.17) is 27.8 Å². The Labute approximate surface area is 112 Å². The highest BCUT2D eigenvalue weighted by atomic mass is 35.7. The van der Waals surface area contributed by atoms with Crippen LogP contribution in [0.1, 0.15) is 12.7 Å². The molecule has 7 heteroatoms. The van der Waals surface area contributed by atoms with Crippen LogP contribution in [0.15, 0.2) is 34.7 Å². The molecular weight excluding hydrogens is 276 g/mol. The van der Waals surface area contributed by atoms with Gasteiger partial charge in [-0.2, -0.15) is 0 Å². The predicted molar refractivity (Wildman–Crippen MR) is 56.6 cm³/mol. The van der Waals surface area contributed by atoms with Crippen LogP contribution in [0.5, 0.6) is 5.75 Å². The van der Waals surface area contributed by atoms with Crippen LogP contribution in [-0.4, -0.2) is 7.11 Å². The van der Waals surface area contributed by atoms with E-state index in [1.807, 2.05) is 24.3 Å². The van der Waals surface area contributed by atoms with Gasteiger partial charge in [0.1, 0.15) is 5.75 Å². The summed E-state index contributed by atoms with van der Waals surface area (Å²) in [6.45, 7) is 2.07. The van der Waals surface area contributed by atoms with Gasteiger partial charge in [0.25, 0.3) is 0 Å². The lowest BCUT2D eigenvalue weighted by molar-refractivity contribution is -2.00. The van der Waals surface area contributed by atoms with Crippen LogP contribution in [0.25, 0.3) is 11.0 Å². The second-order valence-electron chi connectivity index (χ2n) is 3.54. The predicted octanol–water partition coefficient (Wildman–Crippen LogP) is -1.47. The van der Waals surface area contributed by atoms with E-state index < -0.39 is 10.2 Å². The normalized spacial score (nSPS) is 10.8. The summed E-state index contributed by atoms with van der Waals surface area (Å²) in [5.41, 5.74) is 0.878. The summed E-state index contributed by atoms with van der Waals surface area (Å²) >= 11 is 0. The van der Waals surface area contributed by atoms with E-state index >= 15 is 0 Å². The Hall–Kier alpha value is -1.44. The molecule has 0 unspecified atom stereocenters. The van der Waals surface area contributed by atoms with Gasteiger partial charge in [-0.25, -0.2) is 23.1 Å². The smallest absolute Gasteiger partial charge is 0.363 e. The topological polar surface area (TPSA) is 113 Å². The average Bonchev–Trinajstić information content (AvgIpc) is 2.35. The molecule has 0 N–H and O–H groups in total. The van der Waals surface area contributed by atoms with Gasteiger partial charge in [0.15, 0.2) is 0 Å². The third-order valence-electron chi connectivity index (χ3n) is 2.26. The van der Waals surface area contributed by atoms with Gasteiger partial charge in [-0.05, 0) is 18.2 Å². The summed E-state index contributed by atoms with van der Waals surface area (Å²) in [5, 5.41) is 1.10. The number of aryl methyl sites for hydroxylation is 1. The molecule has 0 atom stereocenters. The van der Waals surface area contributed by atoms with Crippen molar-refractivity contribution in [2.75, 3.05) is 7.11 Å². The molecule has 1 aromatic carbocycles. The van der Waals surface area contributed by atoms with Gasteiger partial charge in [0, 0.05) is 6.07 Å². The molecule has 0 fully saturated rings. The first-order valence-electron chi connectivity index (χ1n) is 5.35. The van der Waals surface area contributed by atoms with Gasteiger partial charge >= 0.3 is 11.3 Å². The summed E-state index contributed by atoms with van der Waals surface area (Å²) < 4.78 is 44.8. The van der Waals surface area contributed by atoms with Gasteiger partial charge in [0.05, 0.1) is 25.0 Å². The van der Waals surface area contributed by atoms with E-state index in [1.54, 1.807) is 7.11 Å². The van der Waals surface area contributed by atoms with E-state index in [0.717, 1.165) is 28.9 Å². The molecule has 0 radical (unpaired) electrons. The first kappa shape index (κ1) is 15.6.